The van der Waals surface area contributed by atoms with Crippen LogP contribution in [-0.2, 0) is 10.7 Å². The van der Waals surface area contributed by atoms with Gasteiger partial charge in [0.15, 0.2) is 5.78 Å². The first-order chi connectivity index (χ1) is 8.24. The standard InChI is InChI=1S/C11H9Cl2F3OS/c1-6(17)10(13)8-4-7(5-12)2-3-9(8)18-11(14,15)16/h2-4,10H,5H2,1H3. The number of ketones is 1. The number of hydrogen-bond donors (Lipinski definition) is 0. The molecule has 0 saturated heterocycles. The van der Waals surface area contributed by atoms with Crippen LogP contribution in [0.5, 0.6) is 0 Å². The minimum Gasteiger partial charge on any atom is -0.298 e. The van der Waals surface area contributed by atoms with Gasteiger partial charge in [0.2, 0.25) is 0 Å². The molecule has 0 heterocycles. The van der Waals surface area contributed by atoms with Gasteiger partial charge in [0, 0.05) is 10.8 Å². The van der Waals surface area contributed by atoms with Crippen LogP contribution in [0.1, 0.15) is 23.4 Å². The van der Waals surface area contributed by atoms with Crippen molar-refractivity contribution in [3.63, 3.8) is 0 Å². The molecule has 0 aliphatic rings. The van der Waals surface area contributed by atoms with Gasteiger partial charge in [0.05, 0.1) is 0 Å². The number of benzene rings is 1. The van der Waals surface area contributed by atoms with E-state index in [9.17, 15) is 18.0 Å². The van der Waals surface area contributed by atoms with E-state index in [4.69, 9.17) is 23.2 Å². The molecule has 18 heavy (non-hydrogen) atoms. The van der Waals surface area contributed by atoms with Gasteiger partial charge in [-0.05, 0) is 35.9 Å². The van der Waals surface area contributed by atoms with E-state index in [2.05, 4.69) is 0 Å². The van der Waals surface area contributed by atoms with Crippen molar-refractivity contribution in [1.82, 2.24) is 0 Å². The third kappa shape index (κ3) is 4.37. The zero-order valence-electron chi connectivity index (χ0n) is 9.22. The van der Waals surface area contributed by atoms with Crippen LogP contribution >= 0.6 is 35.0 Å². The summed E-state index contributed by atoms with van der Waals surface area (Å²) in [6.07, 6.45) is 0. The Labute approximate surface area is 117 Å². The maximum absolute atomic E-state index is 12.4. The molecule has 1 atom stereocenters. The zero-order valence-corrected chi connectivity index (χ0v) is 11.6. The van der Waals surface area contributed by atoms with Crippen LogP contribution in [0.4, 0.5) is 13.2 Å². The van der Waals surface area contributed by atoms with Crippen molar-refractivity contribution in [2.24, 2.45) is 0 Å². The summed E-state index contributed by atoms with van der Waals surface area (Å²) in [4.78, 5) is 11.1. The van der Waals surface area contributed by atoms with Gasteiger partial charge in [-0.3, -0.25) is 4.79 Å². The molecule has 0 N–H and O–H groups in total. The van der Waals surface area contributed by atoms with Crippen LogP contribution in [0, 0.1) is 0 Å². The Balaban J connectivity index is 3.20. The third-order valence-electron chi connectivity index (χ3n) is 2.08. The molecule has 0 aliphatic carbocycles. The second-order valence-corrected chi connectivity index (χ2v) is 5.34. The van der Waals surface area contributed by atoms with E-state index in [-0.39, 0.29) is 28.1 Å². The lowest BCUT2D eigenvalue weighted by Crippen LogP contribution is -2.07. The number of rotatable bonds is 4. The number of thioether (sulfide) groups is 1. The topological polar surface area (TPSA) is 17.1 Å². The van der Waals surface area contributed by atoms with Gasteiger partial charge in [0.25, 0.3) is 0 Å². The fourth-order valence-corrected chi connectivity index (χ4v) is 2.41. The van der Waals surface area contributed by atoms with Crippen molar-refractivity contribution in [3.05, 3.63) is 29.3 Å². The molecule has 0 fully saturated rings. The van der Waals surface area contributed by atoms with Gasteiger partial charge in [-0.15, -0.1) is 23.2 Å². The van der Waals surface area contributed by atoms with E-state index in [0.717, 1.165) is 0 Å². The molecule has 0 amide bonds. The Bertz CT molecular complexity index is 448. The highest BCUT2D eigenvalue weighted by atomic mass is 35.5. The molecule has 0 spiro atoms. The molecule has 1 nitrogen and oxygen atoms in total. The van der Waals surface area contributed by atoms with Crippen LogP contribution in [0.3, 0.4) is 0 Å². The maximum Gasteiger partial charge on any atom is 0.446 e. The Morgan fingerprint density at radius 2 is 2.06 bits per heavy atom. The number of hydrogen-bond acceptors (Lipinski definition) is 2. The van der Waals surface area contributed by atoms with Gasteiger partial charge in [0.1, 0.15) is 5.38 Å². The van der Waals surface area contributed by atoms with Gasteiger partial charge < -0.3 is 0 Å². The molecule has 0 saturated carbocycles. The Kier molecular flexibility index (Phi) is 5.37. The summed E-state index contributed by atoms with van der Waals surface area (Å²) in [6, 6.07) is 4.19. The number of halogens is 5. The lowest BCUT2D eigenvalue weighted by Gasteiger charge is -2.14. The predicted molar refractivity (Wildman–Crippen MR) is 67.2 cm³/mol. The van der Waals surface area contributed by atoms with Gasteiger partial charge in [-0.1, -0.05) is 12.1 Å². The summed E-state index contributed by atoms with van der Waals surface area (Å²) in [6.45, 7) is 1.23. The van der Waals surface area contributed by atoms with Crippen molar-refractivity contribution < 1.29 is 18.0 Å². The van der Waals surface area contributed by atoms with Crippen LogP contribution in [0.2, 0.25) is 0 Å². The second-order valence-electron chi connectivity index (χ2n) is 3.53. The first-order valence-corrected chi connectivity index (χ1v) is 6.62. The summed E-state index contributed by atoms with van der Waals surface area (Å²) in [5.41, 5.74) is -3.67. The minimum atomic E-state index is -4.43. The summed E-state index contributed by atoms with van der Waals surface area (Å²) in [5.74, 6) is -0.265. The molecular formula is C11H9Cl2F3OS. The molecule has 1 aromatic carbocycles. The van der Waals surface area contributed by atoms with Crippen molar-refractivity contribution in [2.45, 2.75) is 28.6 Å². The Morgan fingerprint density at radius 1 is 1.44 bits per heavy atom. The minimum absolute atomic E-state index is 0.0773. The first-order valence-electron chi connectivity index (χ1n) is 4.83. The lowest BCUT2D eigenvalue weighted by atomic mass is 10.1. The van der Waals surface area contributed by atoms with E-state index in [1.807, 2.05) is 0 Å². The van der Waals surface area contributed by atoms with E-state index in [0.29, 0.717) is 5.56 Å². The summed E-state index contributed by atoms with van der Waals surface area (Å²) in [5, 5.41) is -1.10. The molecule has 1 rings (SSSR count). The van der Waals surface area contributed by atoms with Gasteiger partial charge in [-0.2, -0.15) is 13.2 Å². The average molecular weight is 317 g/mol. The largest absolute Gasteiger partial charge is 0.446 e. The van der Waals surface area contributed by atoms with Crippen LogP contribution < -0.4 is 0 Å². The SMILES string of the molecule is CC(=O)C(Cl)c1cc(CCl)ccc1SC(F)(F)F. The van der Waals surface area contributed by atoms with Crippen molar-refractivity contribution in [3.8, 4) is 0 Å². The van der Waals surface area contributed by atoms with Crippen molar-refractivity contribution in [1.29, 1.82) is 0 Å². The summed E-state index contributed by atoms with van der Waals surface area (Å²) >= 11 is 11.2. The highest BCUT2D eigenvalue weighted by molar-refractivity contribution is 8.00. The lowest BCUT2D eigenvalue weighted by molar-refractivity contribution is -0.116. The van der Waals surface area contributed by atoms with Gasteiger partial charge >= 0.3 is 5.51 Å². The highest BCUT2D eigenvalue weighted by Gasteiger charge is 2.32. The van der Waals surface area contributed by atoms with Crippen LogP contribution in [0.25, 0.3) is 0 Å². The van der Waals surface area contributed by atoms with Gasteiger partial charge in [-0.25, -0.2) is 0 Å². The van der Waals surface area contributed by atoms with E-state index in [1.165, 1.54) is 25.1 Å². The third-order valence-corrected chi connectivity index (χ3v) is 3.76. The quantitative estimate of drug-likeness (QED) is 0.580. The molecule has 7 heteroatoms. The fourth-order valence-electron chi connectivity index (χ4n) is 1.32. The molecular weight excluding hydrogens is 308 g/mol. The number of carbonyl (C=O) groups excluding carboxylic acids is 1. The van der Waals surface area contributed by atoms with Crippen molar-refractivity contribution in [2.75, 3.05) is 0 Å². The fraction of sp³-hybridized carbons (Fsp3) is 0.364. The number of carbonyl (C=O) groups is 1. The zero-order chi connectivity index (χ0) is 13.9. The molecule has 1 aromatic rings. The summed E-state index contributed by atoms with van der Waals surface area (Å²) in [7, 11) is 0. The van der Waals surface area contributed by atoms with Crippen molar-refractivity contribution >= 4 is 40.7 Å². The molecule has 1 unspecified atom stereocenters. The highest BCUT2D eigenvalue weighted by Crippen LogP contribution is 2.41. The number of alkyl halides is 5. The monoisotopic (exact) mass is 316 g/mol. The molecule has 100 valence electrons. The van der Waals surface area contributed by atoms with E-state index in [1.54, 1.807) is 0 Å². The smallest absolute Gasteiger partial charge is 0.298 e. The normalized spacial score (nSPS) is 13.4. The molecule has 0 aromatic heterocycles. The summed E-state index contributed by atoms with van der Waals surface area (Å²) < 4.78 is 37.1. The second kappa shape index (κ2) is 6.17. The Morgan fingerprint density at radius 3 is 2.50 bits per heavy atom. The molecule has 0 aliphatic heterocycles. The number of Topliss-reactive ketones (excluding diaryl/α,β-unsaturated/α-hetero) is 1. The van der Waals surface area contributed by atoms with E-state index >= 15 is 0 Å². The van der Waals surface area contributed by atoms with E-state index < -0.39 is 16.7 Å². The predicted octanol–water partition coefficient (Wildman–Crippen LogP) is 4.91. The first kappa shape index (κ1) is 15.7. The molecule has 0 bridgehead atoms. The Hall–Kier alpha value is -0.390. The maximum atomic E-state index is 12.4. The average Bonchev–Trinajstić information content (AvgIpc) is 2.26. The van der Waals surface area contributed by atoms with Crippen LogP contribution in [-0.4, -0.2) is 11.3 Å². The molecule has 0 radical (unpaired) electrons. The van der Waals surface area contributed by atoms with Crippen LogP contribution in [0.15, 0.2) is 23.1 Å².